The Balaban J connectivity index is 0.878. The van der Waals surface area contributed by atoms with Gasteiger partial charge in [0.2, 0.25) is 0 Å². The van der Waals surface area contributed by atoms with Crippen molar-refractivity contribution < 1.29 is 0 Å². The average molecular weight is 863 g/mol. The molecule has 11 aromatic carbocycles. The molecule has 0 nitrogen and oxygen atoms in total. The van der Waals surface area contributed by atoms with E-state index in [1.807, 2.05) is 0 Å². The van der Waals surface area contributed by atoms with Crippen LogP contribution in [0.15, 0.2) is 279 Å². The summed E-state index contributed by atoms with van der Waals surface area (Å²) in [6.45, 7) is 0. The Bertz CT molecular complexity index is 3340. The summed E-state index contributed by atoms with van der Waals surface area (Å²) in [5.41, 5.74) is 24.3. The van der Waals surface area contributed by atoms with Crippen molar-refractivity contribution in [1.82, 2.24) is 0 Å². The number of benzene rings is 11. The molecule has 0 radical (unpaired) electrons. The minimum Gasteiger partial charge on any atom is -0.0622 e. The zero-order valence-electron chi connectivity index (χ0n) is 37.6. The Morgan fingerprint density at radius 1 is 0.162 bits per heavy atom. The van der Waals surface area contributed by atoms with Gasteiger partial charge in [0.1, 0.15) is 0 Å². The predicted molar refractivity (Wildman–Crippen MR) is 283 cm³/mol. The van der Waals surface area contributed by atoms with Gasteiger partial charge in [-0.15, -0.1) is 0 Å². The normalized spacial score (nSPS) is 13.5. The largest absolute Gasteiger partial charge is 0.0713 e. The van der Waals surface area contributed by atoms with Crippen molar-refractivity contribution in [2.24, 2.45) is 0 Å². The molecule has 318 valence electrons. The number of fused-ring (bicyclic) bond motifs is 6. The van der Waals surface area contributed by atoms with Gasteiger partial charge in [0.05, 0.1) is 10.8 Å². The molecule has 0 aliphatic heterocycles. The van der Waals surface area contributed by atoms with Crippen molar-refractivity contribution in [2.45, 2.75) is 10.8 Å². The zero-order valence-corrected chi connectivity index (χ0v) is 37.6. The lowest BCUT2D eigenvalue weighted by Crippen LogP contribution is -2.28. The van der Waals surface area contributed by atoms with Crippen molar-refractivity contribution in [3.05, 3.63) is 324 Å². The zero-order chi connectivity index (χ0) is 45.1. The van der Waals surface area contributed by atoms with Crippen LogP contribution in [-0.2, 0) is 10.8 Å². The van der Waals surface area contributed by atoms with Crippen molar-refractivity contribution in [3.8, 4) is 66.8 Å². The molecule has 68 heavy (non-hydrogen) atoms. The monoisotopic (exact) mass is 862 g/mol. The van der Waals surface area contributed by atoms with E-state index >= 15 is 0 Å². The molecule has 11 aromatic rings. The van der Waals surface area contributed by atoms with Crippen LogP contribution in [-0.4, -0.2) is 0 Å². The molecule has 0 saturated heterocycles. The minimum absolute atomic E-state index is 0.442. The first kappa shape index (κ1) is 39.8. The molecular weight excluding hydrogens is 817 g/mol. The summed E-state index contributed by atoms with van der Waals surface area (Å²) < 4.78 is 0. The standard InChI is InChI=1S/C68H46/c1-5-26-55(27-6-1)67(56-28-7-2-8-29-56)63-36-15-13-34-59(63)61-40-38-53(45-65(61)67)51-24-18-22-49(43-51)47-20-17-21-48(42-47)50-23-19-25-52(44-50)54-39-41-62-60-35-14-16-37-64(60)68(66(62)46-54,57-30-9-3-10-31-57)58-32-11-4-12-33-58/h1-46H. The molecule has 2 aliphatic rings. The summed E-state index contributed by atoms with van der Waals surface area (Å²) in [7, 11) is 0. The summed E-state index contributed by atoms with van der Waals surface area (Å²) in [6, 6.07) is 104. The van der Waals surface area contributed by atoms with E-state index in [0.29, 0.717) is 0 Å². The van der Waals surface area contributed by atoms with Gasteiger partial charge in [-0.05, 0) is 142 Å². The van der Waals surface area contributed by atoms with E-state index < -0.39 is 10.8 Å². The van der Waals surface area contributed by atoms with E-state index in [1.54, 1.807) is 0 Å². The summed E-state index contributed by atoms with van der Waals surface area (Å²) >= 11 is 0. The fourth-order valence-corrected chi connectivity index (χ4v) is 11.9. The highest BCUT2D eigenvalue weighted by Crippen LogP contribution is 2.58. The van der Waals surface area contributed by atoms with E-state index in [9.17, 15) is 0 Å². The Hall–Kier alpha value is -8.58. The summed E-state index contributed by atoms with van der Waals surface area (Å²) in [4.78, 5) is 0. The van der Waals surface area contributed by atoms with Gasteiger partial charge < -0.3 is 0 Å². The van der Waals surface area contributed by atoms with Gasteiger partial charge in [-0.25, -0.2) is 0 Å². The van der Waals surface area contributed by atoms with Crippen LogP contribution < -0.4 is 0 Å². The van der Waals surface area contributed by atoms with Crippen LogP contribution in [0.1, 0.15) is 44.5 Å². The van der Waals surface area contributed by atoms with Crippen molar-refractivity contribution in [1.29, 1.82) is 0 Å². The van der Waals surface area contributed by atoms with Gasteiger partial charge in [-0.2, -0.15) is 0 Å². The van der Waals surface area contributed by atoms with E-state index in [1.165, 1.54) is 111 Å². The number of rotatable bonds is 8. The maximum atomic E-state index is 2.46. The maximum absolute atomic E-state index is 2.46. The Kier molecular flexibility index (Phi) is 9.41. The lowest BCUT2D eigenvalue weighted by molar-refractivity contribution is 0.769. The third-order valence-electron chi connectivity index (χ3n) is 14.8. The summed E-state index contributed by atoms with van der Waals surface area (Å²) in [6.07, 6.45) is 0. The van der Waals surface area contributed by atoms with Gasteiger partial charge in [-0.1, -0.05) is 249 Å². The molecule has 0 heterocycles. The van der Waals surface area contributed by atoms with Gasteiger partial charge in [0.25, 0.3) is 0 Å². The van der Waals surface area contributed by atoms with Crippen LogP contribution in [0.2, 0.25) is 0 Å². The summed E-state index contributed by atoms with van der Waals surface area (Å²) in [5, 5.41) is 0. The Labute approximate surface area is 399 Å². The number of hydrogen-bond donors (Lipinski definition) is 0. The topological polar surface area (TPSA) is 0 Å². The van der Waals surface area contributed by atoms with Gasteiger partial charge >= 0.3 is 0 Å². The quantitative estimate of drug-likeness (QED) is 0.143. The van der Waals surface area contributed by atoms with Crippen LogP contribution in [0.5, 0.6) is 0 Å². The van der Waals surface area contributed by atoms with E-state index in [0.717, 1.165) is 0 Å². The first-order chi connectivity index (χ1) is 33.7. The first-order valence-electron chi connectivity index (χ1n) is 23.7. The van der Waals surface area contributed by atoms with Gasteiger partial charge in [-0.3, -0.25) is 0 Å². The minimum atomic E-state index is -0.442. The van der Waals surface area contributed by atoms with Gasteiger partial charge in [0.15, 0.2) is 0 Å². The third-order valence-corrected chi connectivity index (χ3v) is 14.8. The Morgan fingerprint density at radius 3 is 0.721 bits per heavy atom. The van der Waals surface area contributed by atoms with Crippen molar-refractivity contribution in [2.75, 3.05) is 0 Å². The van der Waals surface area contributed by atoms with E-state index in [2.05, 4.69) is 279 Å². The molecule has 0 amide bonds. The van der Waals surface area contributed by atoms with Crippen molar-refractivity contribution in [3.63, 3.8) is 0 Å². The second kappa shape index (κ2) is 16.1. The molecule has 2 aliphatic carbocycles. The van der Waals surface area contributed by atoms with Crippen molar-refractivity contribution >= 4 is 0 Å². The SMILES string of the molecule is c1ccc(C2(c3ccccc3)c3ccccc3-c3ccc(-c4cccc(-c5cccc(-c6cccc(-c7ccc8c(c7)C(c7ccccc7)(c7ccccc7)c7ccccc7-8)c6)c5)c4)cc32)cc1. The molecule has 0 fully saturated rings. The fraction of sp³-hybridized carbons (Fsp3) is 0.0294. The average Bonchev–Trinajstić information content (AvgIpc) is 3.90. The molecule has 0 spiro atoms. The van der Waals surface area contributed by atoms with Crippen LogP contribution >= 0.6 is 0 Å². The molecule has 0 aromatic heterocycles. The third kappa shape index (κ3) is 6.08. The molecule has 0 unspecified atom stereocenters. The maximum Gasteiger partial charge on any atom is 0.0713 e. The fourth-order valence-electron chi connectivity index (χ4n) is 11.9. The molecule has 13 rings (SSSR count). The molecule has 0 bridgehead atoms. The van der Waals surface area contributed by atoms with Crippen LogP contribution in [0.3, 0.4) is 0 Å². The highest BCUT2D eigenvalue weighted by atomic mass is 14.5. The molecule has 0 saturated carbocycles. The Morgan fingerprint density at radius 2 is 0.412 bits per heavy atom. The second-order valence-electron chi connectivity index (χ2n) is 18.3. The van der Waals surface area contributed by atoms with Gasteiger partial charge in [0, 0.05) is 0 Å². The van der Waals surface area contributed by atoms with Crippen LogP contribution in [0.4, 0.5) is 0 Å². The van der Waals surface area contributed by atoms with E-state index in [-0.39, 0.29) is 0 Å². The smallest absolute Gasteiger partial charge is 0.0622 e. The lowest BCUT2D eigenvalue weighted by atomic mass is 9.67. The molecule has 0 heteroatoms. The predicted octanol–water partition coefficient (Wildman–Crippen LogP) is 17.1. The highest BCUT2D eigenvalue weighted by Gasteiger charge is 2.47. The van der Waals surface area contributed by atoms with Crippen LogP contribution in [0, 0.1) is 0 Å². The molecule has 0 N–H and O–H groups in total. The lowest BCUT2D eigenvalue weighted by Gasteiger charge is -2.34. The first-order valence-corrected chi connectivity index (χ1v) is 23.7. The highest BCUT2D eigenvalue weighted by molar-refractivity contribution is 5.91. The molecule has 0 atom stereocenters. The molecular formula is C68H46. The van der Waals surface area contributed by atoms with E-state index in [4.69, 9.17) is 0 Å². The summed E-state index contributed by atoms with van der Waals surface area (Å²) in [5.74, 6) is 0. The second-order valence-corrected chi connectivity index (χ2v) is 18.3. The van der Waals surface area contributed by atoms with Crippen LogP contribution in [0.25, 0.3) is 66.8 Å². The number of hydrogen-bond acceptors (Lipinski definition) is 0.